The van der Waals surface area contributed by atoms with Crippen LogP contribution < -0.4 is 10.6 Å². The second-order valence-electron chi connectivity index (χ2n) is 10.5. The number of carbonyl (C=O) groups excluding carboxylic acids is 1. The van der Waals surface area contributed by atoms with Crippen molar-refractivity contribution in [3.05, 3.63) is 54.0 Å². The number of fused-ring (bicyclic) bond motifs is 1. The van der Waals surface area contributed by atoms with Gasteiger partial charge in [-0.1, -0.05) is 13.8 Å². The first-order valence-electron chi connectivity index (χ1n) is 13.6. The highest BCUT2D eigenvalue weighted by molar-refractivity contribution is 6.08. The van der Waals surface area contributed by atoms with Crippen molar-refractivity contribution >= 4 is 40.4 Å². The summed E-state index contributed by atoms with van der Waals surface area (Å²) in [5.41, 5.74) is 4.16. The van der Waals surface area contributed by atoms with Gasteiger partial charge in [-0.2, -0.15) is 5.10 Å². The number of allylic oxidation sites excluding steroid dienone is 1. The van der Waals surface area contributed by atoms with E-state index in [2.05, 4.69) is 58.4 Å². The molecule has 10 heteroatoms. The summed E-state index contributed by atoms with van der Waals surface area (Å²) in [5, 5.41) is 22.8. The minimum absolute atomic E-state index is 0.150. The average Bonchev–Trinajstić information content (AvgIpc) is 2.90. The Labute approximate surface area is 230 Å². The predicted molar refractivity (Wildman–Crippen MR) is 156 cm³/mol. The zero-order valence-corrected chi connectivity index (χ0v) is 23.5. The first kappa shape index (κ1) is 28.1. The van der Waals surface area contributed by atoms with Crippen LogP contribution in [0.4, 0.5) is 11.6 Å². The normalized spacial score (nSPS) is 18.4. The van der Waals surface area contributed by atoms with Gasteiger partial charge in [-0.05, 0) is 62.6 Å². The number of aromatic nitrogens is 4. The predicted octanol–water partition coefficient (Wildman–Crippen LogP) is 4.20. The van der Waals surface area contributed by atoms with Crippen LogP contribution >= 0.6 is 0 Å². The van der Waals surface area contributed by atoms with Crippen LogP contribution in [-0.4, -0.2) is 80.3 Å². The second-order valence-corrected chi connectivity index (χ2v) is 10.5. The van der Waals surface area contributed by atoms with Gasteiger partial charge in [0.2, 0.25) is 5.91 Å². The third-order valence-corrected chi connectivity index (χ3v) is 7.04. The Morgan fingerprint density at radius 3 is 2.59 bits per heavy atom. The highest BCUT2D eigenvalue weighted by atomic mass is 16.2. The Bertz CT molecular complexity index is 1330. The zero-order chi connectivity index (χ0) is 27.9. The molecule has 4 rings (SSSR count). The van der Waals surface area contributed by atoms with E-state index in [4.69, 9.17) is 10.4 Å². The van der Waals surface area contributed by atoms with E-state index in [-0.39, 0.29) is 18.0 Å². The third-order valence-electron chi connectivity index (χ3n) is 7.04. The standard InChI is InChI=1S/C29H39N9O/c1-19(2)23-12-29(36-33-16-23)35-28-8-7-26-27(34-28)11-24(15-32-26)25(13-30)14-31-9-6-10-37-17-20(3)38(22(5)39)21(4)18-37/h7-8,11-16,19-21,30-31H,6,9-10,17-18H2,1-5H3,(H,34,35,36)/b25-14+,30-13?/t20-,21+. The maximum absolute atomic E-state index is 11.9. The monoisotopic (exact) mass is 529 g/mol. The lowest BCUT2D eigenvalue weighted by Gasteiger charge is -2.44. The fourth-order valence-electron chi connectivity index (χ4n) is 5.15. The molecular weight excluding hydrogens is 490 g/mol. The Morgan fingerprint density at radius 1 is 1.13 bits per heavy atom. The number of hydrogen-bond donors (Lipinski definition) is 3. The van der Waals surface area contributed by atoms with E-state index in [1.54, 1.807) is 19.3 Å². The molecule has 1 aliphatic heterocycles. The van der Waals surface area contributed by atoms with Gasteiger partial charge in [0.05, 0.1) is 17.2 Å². The lowest BCUT2D eigenvalue weighted by atomic mass is 10.1. The van der Waals surface area contributed by atoms with E-state index < -0.39 is 0 Å². The average molecular weight is 530 g/mol. The van der Waals surface area contributed by atoms with Gasteiger partial charge in [-0.3, -0.25) is 14.7 Å². The van der Waals surface area contributed by atoms with Gasteiger partial charge >= 0.3 is 0 Å². The minimum atomic E-state index is 0.150. The van der Waals surface area contributed by atoms with E-state index in [0.29, 0.717) is 17.6 Å². The van der Waals surface area contributed by atoms with Crippen LogP contribution in [-0.2, 0) is 4.79 Å². The van der Waals surface area contributed by atoms with E-state index in [1.807, 2.05) is 35.4 Å². The van der Waals surface area contributed by atoms with Gasteiger partial charge in [0.15, 0.2) is 5.82 Å². The lowest BCUT2D eigenvalue weighted by molar-refractivity contribution is -0.136. The molecule has 2 atom stereocenters. The number of pyridine rings is 2. The molecule has 3 aromatic rings. The third kappa shape index (κ3) is 7.14. The van der Waals surface area contributed by atoms with E-state index >= 15 is 0 Å². The van der Waals surface area contributed by atoms with Crippen LogP contribution in [0.3, 0.4) is 0 Å². The van der Waals surface area contributed by atoms with Gasteiger partial charge in [-0.25, -0.2) is 4.98 Å². The molecule has 1 amide bonds. The summed E-state index contributed by atoms with van der Waals surface area (Å²) in [6, 6.07) is 8.16. The summed E-state index contributed by atoms with van der Waals surface area (Å²) in [6.07, 6.45) is 7.70. The highest BCUT2D eigenvalue weighted by Gasteiger charge is 2.30. The topological polar surface area (TPSA) is 123 Å². The van der Waals surface area contributed by atoms with Crippen molar-refractivity contribution < 1.29 is 4.79 Å². The molecule has 3 N–H and O–H groups in total. The van der Waals surface area contributed by atoms with Crippen LogP contribution in [0.5, 0.6) is 0 Å². The minimum Gasteiger partial charge on any atom is -0.390 e. The highest BCUT2D eigenvalue weighted by Crippen LogP contribution is 2.22. The molecule has 0 aromatic carbocycles. The number of rotatable bonds is 10. The molecule has 1 aliphatic rings. The summed E-state index contributed by atoms with van der Waals surface area (Å²) >= 11 is 0. The summed E-state index contributed by atoms with van der Waals surface area (Å²) < 4.78 is 0. The van der Waals surface area contributed by atoms with Crippen LogP contribution in [0.25, 0.3) is 16.6 Å². The number of carbonyl (C=O) groups is 1. The van der Waals surface area contributed by atoms with E-state index in [1.165, 1.54) is 6.21 Å². The number of amides is 1. The molecule has 0 aliphatic carbocycles. The molecule has 39 heavy (non-hydrogen) atoms. The van der Waals surface area contributed by atoms with Gasteiger partial charge in [0, 0.05) is 68.4 Å². The molecule has 10 nitrogen and oxygen atoms in total. The van der Waals surface area contributed by atoms with Crippen molar-refractivity contribution in [2.75, 3.05) is 31.5 Å². The fourth-order valence-corrected chi connectivity index (χ4v) is 5.15. The molecule has 0 radical (unpaired) electrons. The SMILES string of the molecule is CC(=O)N1[C@H](C)CN(CCCN/C=C(\C=N)c2cnc3ccc(Nc4cc(C(C)C)cnn4)nc3c2)C[C@@H]1C. The number of nitrogens with one attached hydrogen (secondary N) is 3. The molecule has 0 unspecified atom stereocenters. The van der Waals surface area contributed by atoms with Crippen molar-refractivity contribution in [2.45, 2.75) is 59.0 Å². The fraction of sp³-hybridized carbons (Fsp3) is 0.448. The zero-order valence-electron chi connectivity index (χ0n) is 23.5. The number of nitrogens with zero attached hydrogens (tertiary/aromatic N) is 6. The molecule has 3 aromatic heterocycles. The molecule has 206 valence electrons. The molecule has 0 saturated carbocycles. The van der Waals surface area contributed by atoms with Gasteiger partial charge in [0.1, 0.15) is 5.82 Å². The maximum atomic E-state index is 11.9. The number of piperazine rings is 1. The summed E-state index contributed by atoms with van der Waals surface area (Å²) in [6.45, 7) is 13.7. The second kappa shape index (κ2) is 12.8. The molecule has 0 bridgehead atoms. The van der Waals surface area contributed by atoms with Crippen LogP contribution in [0.1, 0.15) is 58.1 Å². The lowest BCUT2D eigenvalue weighted by Crippen LogP contribution is -2.58. The van der Waals surface area contributed by atoms with E-state index in [9.17, 15) is 4.79 Å². The Balaban J connectivity index is 1.36. The van der Waals surface area contributed by atoms with Crippen molar-refractivity contribution in [3.63, 3.8) is 0 Å². The molecule has 1 saturated heterocycles. The molecular formula is C29H39N9O. The molecule has 0 spiro atoms. The van der Waals surface area contributed by atoms with E-state index in [0.717, 1.165) is 60.3 Å². The maximum Gasteiger partial charge on any atom is 0.220 e. The number of hydrogen-bond acceptors (Lipinski definition) is 9. The Morgan fingerprint density at radius 2 is 1.90 bits per heavy atom. The van der Waals surface area contributed by atoms with Crippen molar-refractivity contribution in [1.82, 2.24) is 35.3 Å². The quantitative estimate of drug-likeness (QED) is 0.264. The smallest absolute Gasteiger partial charge is 0.220 e. The first-order valence-corrected chi connectivity index (χ1v) is 13.6. The van der Waals surface area contributed by atoms with Crippen molar-refractivity contribution in [3.8, 4) is 0 Å². The van der Waals surface area contributed by atoms with Gasteiger partial charge < -0.3 is 20.9 Å². The van der Waals surface area contributed by atoms with Crippen LogP contribution in [0.15, 0.2) is 42.9 Å². The Kier molecular flexibility index (Phi) is 9.19. The summed E-state index contributed by atoms with van der Waals surface area (Å²) in [7, 11) is 0. The van der Waals surface area contributed by atoms with Crippen molar-refractivity contribution in [2.24, 2.45) is 0 Å². The largest absolute Gasteiger partial charge is 0.390 e. The van der Waals surface area contributed by atoms with Gasteiger partial charge in [0.25, 0.3) is 0 Å². The van der Waals surface area contributed by atoms with Crippen LogP contribution in [0, 0.1) is 5.41 Å². The Hall–Kier alpha value is -3.92. The van der Waals surface area contributed by atoms with Crippen molar-refractivity contribution in [1.29, 1.82) is 5.41 Å². The molecule has 1 fully saturated rings. The molecule has 4 heterocycles. The van der Waals surface area contributed by atoms with Gasteiger partial charge in [-0.15, -0.1) is 5.10 Å². The summed E-state index contributed by atoms with van der Waals surface area (Å²) in [5.74, 6) is 1.81. The summed E-state index contributed by atoms with van der Waals surface area (Å²) in [4.78, 5) is 25.6. The number of anilines is 2. The van der Waals surface area contributed by atoms with Crippen LogP contribution in [0.2, 0.25) is 0 Å². The first-order chi connectivity index (χ1) is 18.7.